The van der Waals surface area contributed by atoms with Crippen LogP contribution >= 0.6 is 0 Å². The standard InChI is InChI=1S/C10H16N2O/c1-8(12-6-9(11)7-12)5-10-3-2-4-13-10/h2-4,8-9H,5-7,11H2,1H3. The molecule has 2 N–H and O–H groups in total. The summed E-state index contributed by atoms with van der Waals surface area (Å²) in [6.45, 7) is 4.28. The molecular weight excluding hydrogens is 164 g/mol. The Morgan fingerprint density at radius 1 is 1.69 bits per heavy atom. The van der Waals surface area contributed by atoms with Gasteiger partial charge in [0.1, 0.15) is 5.76 Å². The third-order valence-electron chi connectivity index (χ3n) is 2.64. The van der Waals surface area contributed by atoms with E-state index in [4.69, 9.17) is 10.2 Å². The summed E-state index contributed by atoms with van der Waals surface area (Å²) in [6.07, 6.45) is 2.71. The highest BCUT2D eigenvalue weighted by Gasteiger charge is 2.27. The lowest BCUT2D eigenvalue weighted by Crippen LogP contribution is -2.59. The van der Waals surface area contributed by atoms with Crippen molar-refractivity contribution in [2.24, 2.45) is 5.73 Å². The molecule has 0 aromatic carbocycles. The van der Waals surface area contributed by atoms with Gasteiger partial charge in [-0.15, -0.1) is 0 Å². The van der Waals surface area contributed by atoms with E-state index in [0.29, 0.717) is 12.1 Å². The van der Waals surface area contributed by atoms with Gasteiger partial charge in [-0.05, 0) is 19.1 Å². The normalized spacial score (nSPS) is 21.4. The molecule has 1 fully saturated rings. The topological polar surface area (TPSA) is 42.4 Å². The Hall–Kier alpha value is -0.800. The summed E-state index contributed by atoms with van der Waals surface area (Å²) >= 11 is 0. The predicted octanol–water partition coefficient (Wildman–Crippen LogP) is 0.854. The Morgan fingerprint density at radius 2 is 2.46 bits per heavy atom. The molecule has 1 saturated heterocycles. The van der Waals surface area contributed by atoms with Gasteiger partial charge in [-0.3, -0.25) is 4.90 Å². The van der Waals surface area contributed by atoms with Gasteiger partial charge < -0.3 is 10.2 Å². The quantitative estimate of drug-likeness (QED) is 0.750. The summed E-state index contributed by atoms with van der Waals surface area (Å²) in [4.78, 5) is 2.38. The molecule has 3 heteroatoms. The summed E-state index contributed by atoms with van der Waals surface area (Å²) < 4.78 is 5.29. The molecule has 1 aliphatic rings. The first-order valence-electron chi connectivity index (χ1n) is 4.77. The molecule has 0 aliphatic carbocycles. The second-order valence-electron chi connectivity index (χ2n) is 3.85. The molecule has 0 radical (unpaired) electrons. The third kappa shape index (κ3) is 1.92. The maximum Gasteiger partial charge on any atom is 0.105 e. The number of likely N-dealkylation sites (tertiary alicyclic amines) is 1. The van der Waals surface area contributed by atoms with Crippen LogP contribution in [0.1, 0.15) is 12.7 Å². The van der Waals surface area contributed by atoms with Crippen LogP contribution in [-0.2, 0) is 6.42 Å². The number of furan rings is 1. The molecule has 0 saturated carbocycles. The van der Waals surface area contributed by atoms with E-state index >= 15 is 0 Å². The molecule has 0 amide bonds. The van der Waals surface area contributed by atoms with Crippen molar-refractivity contribution in [2.45, 2.75) is 25.4 Å². The lowest BCUT2D eigenvalue weighted by molar-refractivity contribution is 0.100. The SMILES string of the molecule is CC(Cc1ccco1)N1CC(N)C1. The van der Waals surface area contributed by atoms with Gasteiger partial charge in [0, 0.05) is 31.6 Å². The third-order valence-corrected chi connectivity index (χ3v) is 2.64. The molecule has 72 valence electrons. The van der Waals surface area contributed by atoms with Crippen molar-refractivity contribution >= 4 is 0 Å². The van der Waals surface area contributed by atoms with Crippen molar-refractivity contribution in [3.63, 3.8) is 0 Å². The van der Waals surface area contributed by atoms with Crippen LogP contribution in [0.4, 0.5) is 0 Å². The molecule has 1 aromatic heterocycles. The minimum Gasteiger partial charge on any atom is -0.469 e. The van der Waals surface area contributed by atoms with Crippen molar-refractivity contribution in [1.82, 2.24) is 4.90 Å². The summed E-state index contributed by atoms with van der Waals surface area (Å²) in [5.41, 5.74) is 5.71. The highest BCUT2D eigenvalue weighted by Crippen LogP contribution is 2.14. The average Bonchev–Trinajstić information content (AvgIpc) is 2.51. The summed E-state index contributed by atoms with van der Waals surface area (Å²) in [5.74, 6) is 1.06. The van der Waals surface area contributed by atoms with Gasteiger partial charge in [0.25, 0.3) is 0 Å². The molecule has 0 spiro atoms. The Labute approximate surface area is 78.5 Å². The number of nitrogens with two attached hydrogens (primary N) is 1. The molecule has 2 rings (SSSR count). The van der Waals surface area contributed by atoms with Gasteiger partial charge in [0.2, 0.25) is 0 Å². The fraction of sp³-hybridized carbons (Fsp3) is 0.600. The molecule has 1 aromatic rings. The Bertz CT molecular complexity index is 252. The molecule has 13 heavy (non-hydrogen) atoms. The van der Waals surface area contributed by atoms with Gasteiger partial charge in [0.05, 0.1) is 6.26 Å². The lowest BCUT2D eigenvalue weighted by atomic mass is 10.0. The van der Waals surface area contributed by atoms with Gasteiger partial charge in [-0.25, -0.2) is 0 Å². The van der Waals surface area contributed by atoms with E-state index in [1.54, 1.807) is 6.26 Å². The molecule has 3 nitrogen and oxygen atoms in total. The van der Waals surface area contributed by atoms with Crippen molar-refractivity contribution in [3.8, 4) is 0 Å². The van der Waals surface area contributed by atoms with E-state index in [1.165, 1.54) is 0 Å². The fourth-order valence-corrected chi connectivity index (χ4v) is 1.76. The van der Waals surface area contributed by atoms with Gasteiger partial charge in [0.15, 0.2) is 0 Å². The zero-order chi connectivity index (χ0) is 9.26. The number of rotatable bonds is 3. The van der Waals surface area contributed by atoms with Crippen LogP contribution < -0.4 is 5.73 Å². The molecule has 1 atom stereocenters. The van der Waals surface area contributed by atoms with E-state index in [9.17, 15) is 0 Å². The second kappa shape index (κ2) is 3.52. The predicted molar refractivity (Wildman–Crippen MR) is 51.4 cm³/mol. The first-order chi connectivity index (χ1) is 6.25. The molecule has 1 aliphatic heterocycles. The Balaban J connectivity index is 1.82. The average molecular weight is 180 g/mol. The summed E-state index contributed by atoms with van der Waals surface area (Å²) in [5, 5.41) is 0. The van der Waals surface area contributed by atoms with E-state index in [1.807, 2.05) is 12.1 Å². The molecule has 0 bridgehead atoms. The molecular formula is C10H16N2O. The van der Waals surface area contributed by atoms with Gasteiger partial charge in [-0.1, -0.05) is 0 Å². The highest BCUT2D eigenvalue weighted by atomic mass is 16.3. The molecule has 2 heterocycles. The van der Waals surface area contributed by atoms with Gasteiger partial charge >= 0.3 is 0 Å². The summed E-state index contributed by atoms with van der Waals surface area (Å²) in [7, 11) is 0. The highest BCUT2D eigenvalue weighted by molar-refractivity contribution is 5.01. The maximum atomic E-state index is 5.71. The number of hydrogen-bond donors (Lipinski definition) is 1. The summed E-state index contributed by atoms with van der Waals surface area (Å²) in [6, 6.07) is 4.89. The number of hydrogen-bond acceptors (Lipinski definition) is 3. The minimum absolute atomic E-state index is 0.388. The zero-order valence-electron chi connectivity index (χ0n) is 7.94. The van der Waals surface area contributed by atoms with E-state index in [0.717, 1.165) is 25.3 Å². The van der Waals surface area contributed by atoms with Crippen molar-refractivity contribution < 1.29 is 4.42 Å². The lowest BCUT2D eigenvalue weighted by Gasteiger charge is -2.41. The van der Waals surface area contributed by atoms with Crippen LogP contribution in [0.5, 0.6) is 0 Å². The fourth-order valence-electron chi connectivity index (χ4n) is 1.76. The first-order valence-corrected chi connectivity index (χ1v) is 4.77. The smallest absolute Gasteiger partial charge is 0.105 e. The van der Waals surface area contributed by atoms with Crippen molar-refractivity contribution in [3.05, 3.63) is 24.2 Å². The largest absolute Gasteiger partial charge is 0.469 e. The van der Waals surface area contributed by atoms with Gasteiger partial charge in [-0.2, -0.15) is 0 Å². The Morgan fingerprint density at radius 3 is 3.00 bits per heavy atom. The van der Waals surface area contributed by atoms with E-state index in [-0.39, 0.29) is 0 Å². The number of nitrogens with zero attached hydrogens (tertiary/aromatic N) is 1. The van der Waals surface area contributed by atoms with Crippen LogP contribution in [0.15, 0.2) is 22.8 Å². The van der Waals surface area contributed by atoms with Crippen LogP contribution in [-0.4, -0.2) is 30.1 Å². The minimum atomic E-state index is 0.388. The maximum absolute atomic E-state index is 5.71. The molecule has 1 unspecified atom stereocenters. The van der Waals surface area contributed by atoms with Crippen molar-refractivity contribution in [1.29, 1.82) is 0 Å². The van der Waals surface area contributed by atoms with Crippen LogP contribution in [0.2, 0.25) is 0 Å². The van der Waals surface area contributed by atoms with Crippen LogP contribution in [0.3, 0.4) is 0 Å². The monoisotopic (exact) mass is 180 g/mol. The second-order valence-corrected chi connectivity index (χ2v) is 3.85. The van der Waals surface area contributed by atoms with E-state index < -0.39 is 0 Å². The van der Waals surface area contributed by atoms with Crippen LogP contribution in [0, 0.1) is 0 Å². The van der Waals surface area contributed by atoms with Crippen molar-refractivity contribution in [2.75, 3.05) is 13.1 Å². The first kappa shape index (κ1) is 8.78. The zero-order valence-corrected chi connectivity index (χ0v) is 7.94. The van der Waals surface area contributed by atoms with Crippen LogP contribution in [0.25, 0.3) is 0 Å². The van der Waals surface area contributed by atoms with E-state index in [2.05, 4.69) is 11.8 Å². The Kier molecular flexibility index (Phi) is 2.38.